The SMILES string of the molecule is COCN(C(=O)c1cc(C)c2ncn(-c3ccc(NC(=O)C4CC4)nc3)c2c1)c1ccc(F)c(OC)c1. The third-order valence-corrected chi connectivity index (χ3v) is 6.26. The number of nitrogens with zero attached hydrogens (tertiary/aromatic N) is 4. The fourth-order valence-corrected chi connectivity index (χ4v) is 4.15. The molecule has 0 saturated heterocycles. The highest BCUT2D eigenvalue weighted by Crippen LogP contribution is 2.30. The van der Waals surface area contributed by atoms with Crippen LogP contribution in [0.2, 0.25) is 0 Å². The van der Waals surface area contributed by atoms with Crippen molar-refractivity contribution in [3.05, 3.63) is 71.9 Å². The zero-order valence-corrected chi connectivity index (χ0v) is 20.7. The van der Waals surface area contributed by atoms with Gasteiger partial charge in [0.2, 0.25) is 5.91 Å². The molecule has 0 aliphatic heterocycles. The maximum absolute atomic E-state index is 14.0. The summed E-state index contributed by atoms with van der Waals surface area (Å²) in [4.78, 5) is 35.9. The van der Waals surface area contributed by atoms with Crippen LogP contribution in [0.5, 0.6) is 5.75 Å². The minimum atomic E-state index is -0.524. The first-order valence-electron chi connectivity index (χ1n) is 11.8. The number of anilines is 2. The van der Waals surface area contributed by atoms with E-state index in [9.17, 15) is 14.0 Å². The predicted octanol–water partition coefficient (Wildman–Crippen LogP) is 4.48. The van der Waals surface area contributed by atoms with Crippen molar-refractivity contribution in [2.75, 3.05) is 31.2 Å². The zero-order valence-electron chi connectivity index (χ0n) is 20.7. The van der Waals surface area contributed by atoms with Crippen LogP contribution in [0, 0.1) is 18.7 Å². The molecule has 37 heavy (non-hydrogen) atoms. The van der Waals surface area contributed by atoms with Gasteiger partial charge in [-0.2, -0.15) is 0 Å². The molecule has 4 aromatic rings. The van der Waals surface area contributed by atoms with Gasteiger partial charge < -0.3 is 14.8 Å². The van der Waals surface area contributed by atoms with Gasteiger partial charge in [0.25, 0.3) is 5.91 Å². The molecule has 5 rings (SSSR count). The highest BCUT2D eigenvalue weighted by molar-refractivity contribution is 6.08. The molecule has 2 heterocycles. The van der Waals surface area contributed by atoms with Gasteiger partial charge in [-0.1, -0.05) is 0 Å². The number of pyridine rings is 1. The number of hydrogen-bond donors (Lipinski definition) is 1. The summed E-state index contributed by atoms with van der Waals surface area (Å²) >= 11 is 0. The molecular formula is C27H26FN5O4. The minimum absolute atomic E-state index is 0.00787. The number of fused-ring (bicyclic) bond motifs is 1. The van der Waals surface area contributed by atoms with E-state index in [2.05, 4.69) is 15.3 Å². The van der Waals surface area contributed by atoms with Gasteiger partial charge in [0.05, 0.1) is 35.7 Å². The molecule has 1 N–H and O–H groups in total. The van der Waals surface area contributed by atoms with Crippen LogP contribution in [0.15, 0.2) is 55.0 Å². The number of halogens is 1. The first-order valence-corrected chi connectivity index (χ1v) is 11.8. The largest absolute Gasteiger partial charge is 0.494 e. The molecule has 9 nitrogen and oxygen atoms in total. The molecule has 2 aromatic heterocycles. The maximum atomic E-state index is 14.0. The van der Waals surface area contributed by atoms with E-state index in [4.69, 9.17) is 9.47 Å². The monoisotopic (exact) mass is 503 g/mol. The maximum Gasteiger partial charge on any atom is 0.260 e. The Morgan fingerprint density at radius 3 is 2.62 bits per heavy atom. The number of amides is 2. The summed E-state index contributed by atoms with van der Waals surface area (Å²) in [6, 6.07) is 11.3. The molecule has 1 fully saturated rings. The Balaban J connectivity index is 1.48. The topological polar surface area (TPSA) is 98.6 Å². The van der Waals surface area contributed by atoms with Gasteiger partial charge in [-0.15, -0.1) is 0 Å². The lowest BCUT2D eigenvalue weighted by Gasteiger charge is -2.23. The van der Waals surface area contributed by atoms with E-state index in [1.807, 2.05) is 17.6 Å². The lowest BCUT2D eigenvalue weighted by molar-refractivity contribution is -0.117. The Morgan fingerprint density at radius 2 is 1.95 bits per heavy atom. The summed E-state index contributed by atoms with van der Waals surface area (Å²) in [6.07, 6.45) is 5.16. The van der Waals surface area contributed by atoms with Gasteiger partial charge in [-0.3, -0.25) is 19.1 Å². The van der Waals surface area contributed by atoms with Gasteiger partial charge in [0, 0.05) is 24.7 Å². The van der Waals surface area contributed by atoms with Crippen molar-refractivity contribution in [3.63, 3.8) is 0 Å². The van der Waals surface area contributed by atoms with Crippen molar-refractivity contribution in [1.82, 2.24) is 14.5 Å². The summed E-state index contributed by atoms with van der Waals surface area (Å²) in [5.74, 6) is -0.255. The molecule has 1 aliphatic carbocycles. The third kappa shape index (κ3) is 4.88. The first kappa shape index (κ1) is 24.4. The minimum Gasteiger partial charge on any atom is -0.494 e. The molecule has 0 radical (unpaired) electrons. The zero-order chi connectivity index (χ0) is 26.1. The molecule has 0 unspecified atom stereocenters. The van der Waals surface area contributed by atoms with Crippen molar-refractivity contribution in [3.8, 4) is 11.4 Å². The molecule has 2 aromatic carbocycles. The number of carbonyl (C=O) groups is 2. The second-order valence-electron chi connectivity index (χ2n) is 8.91. The second kappa shape index (κ2) is 9.98. The van der Waals surface area contributed by atoms with Gasteiger partial charge in [0.1, 0.15) is 18.9 Å². The van der Waals surface area contributed by atoms with Gasteiger partial charge in [0.15, 0.2) is 11.6 Å². The Labute approximate surface area is 212 Å². The van der Waals surface area contributed by atoms with E-state index in [0.29, 0.717) is 22.6 Å². The molecule has 2 amide bonds. The van der Waals surface area contributed by atoms with Crippen molar-refractivity contribution in [2.24, 2.45) is 5.92 Å². The molecule has 1 saturated carbocycles. The second-order valence-corrected chi connectivity index (χ2v) is 8.91. The normalized spacial score (nSPS) is 13.0. The highest BCUT2D eigenvalue weighted by atomic mass is 19.1. The molecular weight excluding hydrogens is 477 g/mol. The Bertz CT molecular complexity index is 1480. The average Bonchev–Trinajstić information content (AvgIpc) is 3.67. The lowest BCUT2D eigenvalue weighted by atomic mass is 10.1. The van der Waals surface area contributed by atoms with Crippen molar-refractivity contribution >= 4 is 34.4 Å². The van der Waals surface area contributed by atoms with Crippen molar-refractivity contribution < 1.29 is 23.5 Å². The Kier molecular flexibility index (Phi) is 6.58. The lowest BCUT2D eigenvalue weighted by Crippen LogP contribution is -2.33. The highest BCUT2D eigenvalue weighted by Gasteiger charge is 2.29. The number of imidazole rings is 1. The Hall–Kier alpha value is -4.31. The molecule has 10 heteroatoms. The Morgan fingerprint density at radius 1 is 1.14 bits per heavy atom. The van der Waals surface area contributed by atoms with Crippen LogP contribution in [-0.4, -0.2) is 47.3 Å². The average molecular weight is 504 g/mol. The third-order valence-electron chi connectivity index (χ3n) is 6.26. The molecule has 0 bridgehead atoms. The summed E-state index contributed by atoms with van der Waals surface area (Å²) in [5, 5.41) is 2.83. The number of benzene rings is 2. The van der Waals surface area contributed by atoms with E-state index in [1.54, 1.807) is 30.7 Å². The standard InChI is InChI=1S/C27H26FN5O4/c1-16-10-18(27(35)33(15-36-2)19-6-8-21(28)23(12-19)37-3)11-22-25(16)30-14-32(22)20-7-9-24(29-13-20)31-26(34)17-4-5-17/h6-14,17H,4-5,15H2,1-3H3,(H,29,31,34). The van der Waals surface area contributed by atoms with Gasteiger partial charge in [-0.25, -0.2) is 14.4 Å². The van der Waals surface area contributed by atoms with Crippen LogP contribution < -0.4 is 15.0 Å². The van der Waals surface area contributed by atoms with E-state index < -0.39 is 5.82 Å². The number of nitrogens with one attached hydrogen (secondary N) is 1. The van der Waals surface area contributed by atoms with Gasteiger partial charge >= 0.3 is 0 Å². The van der Waals surface area contributed by atoms with Crippen molar-refractivity contribution in [2.45, 2.75) is 19.8 Å². The summed E-state index contributed by atoms with van der Waals surface area (Å²) < 4.78 is 26.2. The number of aryl methyl sites for hydroxylation is 1. The fraction of sp³-hybridized carbons (Fsp3) is 0.259. The number of rotatable bonds is 8. The van der Waals surface area contributed by atoms with E-state index in [1.165, 1.54) is 37.3 Å². The smallest absolute Gasteiger partial charge is 0.260 e. The summed E-state index contributed by atoms with van der Waals surface area (Å²) in [6.45, 7) is 1.84. The van der Waals surface area contributed by atoms with Crippen LogP contribution in [0.3, 0.4) is 0 Å². The van der Waals surface area contributed by atoms with Gasteiger partial charge in [-0.05, 0) is 61.7 Å². The number of aromatic nitrogens is 3. The number of carbonyl (C=O) groups excluding carboxylic acids is 2. The van der Waals surface area contributed by atoms with Crippen molar-refractivity contribution in [1.29, 1.82) is 0 Å². The number of ether oxygens (including phenoxy) is 2. The number of hydrogen-bond acceptors (Lipinski definition) is 6. The van der Waals surface area contributed by atoms with Crippen LogP contribution in [0.4, 0.5) is 15.9 Å². The van der Waals surface area contributed by atoms with Crippen LogP contribution in [0.25, 0.3) is 16.7 Å². The van der Waals surface area contributed by atoms with E-state index in [-0.39, 0.29) is 30.2 Å². The number of methoxy groups -OCH3 is 2. The molecule has 1 aliphatic rings. The van der Waals surface area contributed by atoms with E-state index in [0.717, 1.165) is 29.6 Å². The quantitative estimate of drug-likeness (QED) is 0.356. The molecule has 0 atom stereocenters. The van der Waals surface area contributed by atoms with E-state index >= 15 is 0 Å². The summed E-state index contributed by atoms with van der Waals surface area (Å²) in [7, 11) is 2.85. The fourth-order valence-electron chi connectivity index (χ4n) is 4.15. The first-order chi connectivity index (χ1) is 17.9. The van der Waals surface area contributed by atoms with Crippen LogP contribution in [-0.2, 0) is 9.53 Å². The summed E-state index contributed by atoms with van der Waals surface area (Å²) in [5.41, 5.74) is 3.85. The van der Waals surface area contributed by atoms with Crippen LogP contribution >= 0.6 is 0 Å². The predicted molar refractivity (Wildman–Crippen MR) is 137 cm³/mol. The van der Waals surface area contributed by atoms with Crippen LogP contribution in [0.1, 0.15) is 28.8 Å². The molecule has 0 spiro atoms. The molecule has 190 valence electrons.